The van der Waals surface area contributed by atoms with Crippen LogP contribution in [0, 0.1) is 24.6 Å². The highest BCUT2D eigenvalue weighted by Gasteiger charge is 2.45. The Balaban J connectivity index is 1.82. The van der Waals surface area contributed by atoms with Gasteiger partial charge in [-0.05, 0) is 82.0 Å². The summed E-state index contributed by atoms with van der Waals surface area (Å²) in [7, 11) is 4.00. The Hall–Kier alpha value is -3.55. The third-order valence-corrected chi connectivity index (χ3v) is 7.46. The van der Waals surface area contributed by atoms with Gasteiger partial charge in [0.1, 0.15) is 17.3 Å². The molecule has 7 heteroatoms. The fraction of sp³-hybridized carbons (Fsp3) is 0.355. The number of piperidine rings is 1. The maximum absolute atomic E-state index is 14.8. The van der Waals surface area contributed by atoms with Crippen LogP contribution in [-0.4, -0.2) is 71.9 Å². The zero-order chi connectivity index (χ0) is 27.4. The molecule has 0 aliphatic carbocycles. The van der Waals surface area contributed by atoms with Crippen molar-refractivity contribution < 1.29 is 24.2 Å². The highest BCUT2D eigenvalue weighted by molar-refractivity contribution is 6.02. The van der Waals surface area contributed by atoms with Crippen molar-refractivity contribution in [1.82, 2.24) is 9.80 Å². The molecule has 0 bridgehead atoms. The topological polar surface area (TPSA) is 81.1 Å². The molecule has 6 nitrogen and oxygen atoms in total. The molecule has 200 valence electrons. The lowest BCUT2D eigenvalue weighted by atomic mass is 9.67. The summed E-state index contributed by atoms with van der Waals surface area (Å²) >= 11 is 0. The molecule has 1 fully saturated rings. The predicted molar refractivity (Wildman–Crippen MR) is 145 cm³/mol. The second-order valence-corrected chi connectivity index (χ2v) is 10.4. The monoisotopic (exact) mass is 518 g/mol. The third-order valence-electron chi connectivity index (χ3n) is 7.46. The van der Waals surface area contributed by atoms with Crippen LogP contribution in [0.4, 0.5) is 4.39 Å². The summed E-state index contributed by atoms with van der Waals surface area (Å²) < 4.78 is 14.8. The maximum Gasteiger partial charge on any atom is 0.167 e. The molecule has 1 aliphatic rings. The molecule has 0 amide bonds. The molecule has 1 aliphatic heterocycles. The van der Waals surface area contributed by atoms with Gasteiger partial charge in [-0.1, -0.05) is 36.4 Å². The number of hydrogen-bond acceptors (Lipinski definition) is 6. The van der Waals surface area contributed by atoms with E-state index >= 15 is 0 Å². The zero-order valence-electron chi connectivity index (χ0n) is 22.1. The van der Waals surface area contributed by atoms with Gasteiger partial charge in [0.25, 0.3) is 0 Å². The highest BCUT2D eigenvalue weighted by Crippen LogP contribution is 2.42. The van der Waals surface area contributed by atoms with Crippen LogP contribution >= 0.6 is 0 Å². The predicted octanol–water partition coefficient (Wildman–Crippen LogP) is 4.89. The van der Waals surface area contributed by atoms with Gasteiger partial charge in [0.05, 0.1) is 0 Å². The molecule has 0 saturated carbocycles. The third kappa shape index (κ3) is 6.11. The summed E-state index contributed by atoms with van der Waals surface area (Å²) in [5.41, 5.74) is 1.76. The minimum absolute atomic E-state index is 0.0135. The van der Waals surface area contributed by atoms with E-state index in [1.165, 1.54) is 30.3 Å². The number of benzene rings is 3. The van der Waals surface area contributed by atoms with Gasteiger partial charge in [-0.15, -0.1) is 0 Å². The molecule has 1 saturated heterocycles. The van der Waals surface area contributed by atoms with Crippen LogP contribution in [0.3, 0.4) is 0 Å². The number of carbonyl (C=O) groups excluding carboxylic acids is 2. The Morgan fingerprint density at radius 3 is 1.92 bits per heavy atom. The number of ketones is 2. The molecule has 3 aromatic carbocycles. The van der Waals surface area contributed by atoms with E-state index in [0.717, 1.165) is 13.0 Å². The molecule has 0 aromatic heterocycles. The average Bonchev–Trinajstić information content (AvgIpc) is 2.89. The van der Waals surface area contributed by atoms with Crippen molar-refractivity contribution in [3.05, 3.63) is 94.8 Å². The number of nitrogens with zero attached hydrogens (tertiary/aromatic N) is 2. The first kappa shape index (κ1) is 27.5. The number of Topliss-reactive ketones (excluding diaryl/α,β-unsaturated/α-hetero) is 2. The largest absolute Gasteiger partial charge is 0.508 e. The number of carbonyl (C=O) groups is 2. The second-order valence-electron chi connectivity index (χ2n) is 10.4. The van der Waals surface area contributed by atoms with Crippen LogP contribution in [0.15, 0.2) is 66.7 Å². The van der Waals surface area contributed by atoms with E-state index in [4.69, 9.17) is 0 Å². The van der Waals surface area contributed by atoms with E-state index in [9.17, 15) is 24.2 Å². The lowest BCUT2D eigenvalue weighted by Crippen LogP contribution is -2.51. The highest BCUT2D eigenvalue weighted by atomic mass is 19.1. The molecule has 0 spiro atoms. The normalized spacial score (nSPS) is 18.6. The molecule has 3 aromatic rings. The van der Waals surface area contributed by atoms with Gasteiger partial charge in [0.2, 0.25) is 0 Å². The van der Waals surface area contributed by atoms with E-state index in [2.05, 4.69) is 9.80 Å². The molecule has 38 heavy (non-hydrogen) atoms. The number of hydrogen-bond donors (Lipinski definition) is 2. The lowest BCUT2D eigenvalue weighted by molar-refractivity contribution is 0.0565. The quantitative estimate of drug-likeness (QED) is 0.393. The SMILES string of the molecule is Cc1c(F)cccc1C1[C@@H](C(=O)c2cccc(O)c2)CN(CCCN(C)C)C[C@@H]1C(=O)c1cccc(O)c1. The van der Waals surface area contributed by atoms with E-state index in [0.29, 0.717) is 41.9 Å². The van der Waals surface area contributed by atoms with E-state index in [-0.39, 0.29) is 28.9 Å². The Kier molecular flexibility index (Phi) is 8.59. The van der Waals surface area contributed by atoms with Crippen LogP contribution < -0.4 is 0 Å². The number of phenols is 2. The van der Waals surface area contributed by atoms with E-state index in [1.807, 2.05) is 14.1 Å². The Morgan fingerprint density at radius 1 is 0.895 bits per heavy atom. The van der Waals surface area contributed by atoms with Crippen molar-refractivity contribution in [2.24, 2.45) is 11.8 Å². The lowest BCUT2D eigenvalue weighted by Gasteiger charge is -2.43. The molecule has 4 rings (SSSR count). The van der Waals surface area contributed by atoms with Crippen LogP contribution in [-0.2, 0) is 0 Å². The minimum atomic E-state index is -0.642. The number of phenolic OH excluding ortho intramolecular Hbond substituents is 2. The van der Waals surface area contributed by atoms with Gasteiger partial charge in [-0.2, -0.15) is 0 Å². The average molecular weight is 519 g/mol. The summed E-state index contributed by atoms with van der Waals surface area (Å²) in [6, 6.07) is 17.3. The summed E-state index contributed by atoms with van der Waals surface area (Å²) in [6.45, 7) is 4.05. The number of halogens is 1. The Bertz CT molecular complexity index is 1240. The van der Waals surface area contributed by atoms with Gasteiger partial charge < -0.3 is 20.0 Å². The van der Waals surface area contributed by atoms with Crippen LogP contribution in [0.5, 0.6) is 11.5 Å². The Labute approximate surface area is 223 Å². The summed E-state index contributed by atoms with van der Waals surface area (Å²) in [6.07, 6.45) is 0.858. The Morgan fingerprint density at radius 2 is 1.42 bits per heavy atom. The van der Waals surface area contributed by atoms with Crippen molar-refractivity contribution in [2.75, 3.05) is 40.3 Å². The first-order chi connectivity index (χ1) is 18.2. The first-order valence-corrected chi connectivity index (χ1v) is 12.9. The van der Waals surface area contributed by atoms with Crippen molar-refractivity contribution in [3.8, 4) is 11.5 Å². The summed E-state index contributed by atoms with van der Waals surface area (Å²) in [5, 5.41) is 20.1. The standard InChI is InChI=1S/C31H35FN2O4/c1-20-25(12-6-13-28(20)32)29-26(30(37)21-8-4-10-23(35)16-21)18-34(15-7-14-33(2)3)19-27(29)31(38)22-9-5-11-24(36)17-22/h4-6,8-13,16-17,26-27,29,35-36H,7,14-15,18-19H2,1-3H3/t26-,27-/m0/s1. The molecule has 2 atom stereocenters. The molecular weight excluding hydrogens is 483 g/mol. The van der Waals surface area contributed by atoms with Crippen LogP contribution in [0.25, 0.3) is 0 Å². The summed E-state index contributed by atoms with van der Waals surface area (Å²) in [4.78, 5) is 32.3. The molecule has 0 radical (unpaired) electrons. The smallest absolute Gasteiger partial charge is 0.167 e. The van der Waals surface area contributed by atoms with Crippen molar-refractivity contribution in [3.63, 3.8) is 0 Å². The van der Waals surface area contributed by atoms with Gasteiger partial charge in [0, 0.05) is 42.0 Å². The number of rotatable bonds is 9. The summed E-state index contributed by atoms with van der Waals surface area (Å²) in [5.74, 6) is -2.67. The van der Waals surface area contributed by atoms with E-state index < -0.39 is 17.8 Å². The number of likely N-dealkylation sites (tertiary alicyclic amines) is 1. The van der Waals surface area contributed by atoms with Gasteiger partial charge in [0.15, 0.2) is 11.6 Å². The van der Waals surface area contributed by atoms with Crippen molar-refractivity contribution in [1.29, 1.82) is 0 Å². The molecule has 2 N–H and O–H groups in total. The van der Waals surface area contributed by atoms with Gasteiger partial charge >= 0.3 is 0 Å². The maximum atomic E-state index is 14.8. The van der Waals surface area contributed by atoms with Crippen LogP contribution in [0.1, 0.15) is 44.2 Å². The molecule has 0 unspecified atom stereocenters. The van der Waals surface area contributed by atoms with Gasteiger partial charge in [-0.3, -0.25) is 9.59 Å². The number of aromatic hydroxyl groups is 2. The van der Waals surface area contributed by atoms with E-state index in [1.54, 1.807) is 43.3 Å². The van der Waals surface area contributed by atoms with Crippen molar-refractivity contribution in [2.45, 2.75) is 19.3 Å². The zero-order valence-corrected chi connectivity index (χ0v) is 22.1. The molecule has 1 heterocycles. The molecular formula is C31H35FN2O4. The second kappa shape index (κ2) is 11.9. The van der Waals surface area contributed by atoms with Crippen LogP contribution in [0.2, 0.25) is 0 Å². The van der Waals surface area contributed by atoms with Gasteiger partial charge in [-0.25, -0.2) is 4.39 Å². The first-order valence-electron chi connectivity index (χ1n) is 12.9. The minimum Gasteiger partial charge on any atom is -0.508 e. The fourth-order valence-corrected chi connectivity index (χ4v) is 5.59. The van der Waals surface area contributed by atoms with Crippen molar-refractivity contribution >= 4 is 11.6 Å². The fourth-order valence-electron chi connectivity index (χ4n) is 5.59.